The molecule has 3 heteroatoms. The van der Waals surface area contributed by atoms with Gasteiger partial charge < -0.3 is 0 Å². The van der Waals surface area contributed by atoms with Crippen molar-refractivity contribution in [2.45, 2.75) is 56.8 Å². The summed E-state index contributed by atoms with van der Waals surface area (Å²) in [6.45, 7) is 7.07. The Kier molecular flexibility index (Phi) is 4.88. The van der Waals surface area contributed by atoms with Crippen molar-refractivity contribution >= 4 is 6.21 Å². The van der Waals surface area contributed by atoms with E-state index < -0.39 is 0 Å². The van der Waals surface area contributed by atoms with E-state index in [1.54, 1.807) is 5.57 Å². The molecule has 1 fully saturated rings. The number of halogens is 1. The molecule has 0 saturated heterocycles. The predicted molar refractivity (Wildman–Crippen MR) is 69.5 cm³/mol. The van der Waals surface area contributed by atoms with E-state index in [9.17, 15) is 0 Å². The number of alkyl halides is 1. The number of rotatable bonds is 2. The van der Waals surface area contributed by atoms with Gasteiger partial charge in [-0.2, -0.15) is 0 Å². The second kappa shape index (κ2) is 6.21. The summed E-state index contributed by atoms with van der Waals surface area (Å²) in [5.41, 5.74) is 5.01. The Balaban J connectivity index is 2.14. The SMILES string of the molecule is CC1CCCC2C=NNC([I-]C(C)C)=C2CC1. The first-order valence-corrected chi connectivity index (χ1v) is 9.15. The molecule has 0 bridgehead atoms. The molecule has 0 aromatic rings. The quantitative estimate of drug-likeness (QED) is 0.439. The molecule has 2 unspecified atom stereocenters. The molecule has 0 aromatic heterocycles. The number of hydrogen-bond donors (Lipinski definition) is 1. The van der Waals surface area contributed by atoms with E-state index in [4.69, 9.17) is 0 Å². The molecule has 1 heterocycles. The molecule has 2 rings (SSSR count). The fourth-order valence-corrected chi connectivity index (χ4v) is 5.19. The Morgan fingerprint density at radius 3 is 2.94 bits per heavy atom. The Bertz CT molecular complexity index is 320. The summed E-state index contributed by atoms with van der Waals surface area (Å²) >= 11 is 0.117. The van der Waals surface area contributed by atoms with Gasteiger partial charge in [0.05, 0.1) is 0 Å². The van der Waals surface area contributed by atoms with Crippen LogP contribution >= 0.6 is 0 Å². The number of nitrogens with one attached hydrogen (secondary N) is 1. The van der Waals surface area contributed by atoms with Crippen LogP contribution in [-0.4, -0.2) is 10.1 Å². The molecule has 1 aliphatic heterocycles. The van der Waals surface area contributed by atoms with Gasteiger partial charge in [-0.3, -0.25) is 0 Å². The Morgan fingerprint density at radius 2 is 2.18 bits per heavy atom. The normalized spacial score (nSPS) is 29.9. The van der Waals surface area contributed by atoms with Crippen LogP contribution < -0.4 is 26.6 Å². The van der Waals surface area contributed by atoms with Crippen LogP contribution in [0.2, 0.25) is 0 Å². The number of allylic oxidation sites excluding steroid dienone is 1. The predicted octanol–water partition coefficient (Wildman–Crippen LogP) is 0.501. The first-order valence-electron chi connectivity index (χ1n) is 6.82. The fourth-order valence-electron chi connectivity index (χ4n) is 2.60. The van der Waals surface area contributed by atoms with Crippen LogP contribution in [0.15, 0.2) is 14.4 Å². The topological polar surface area (TPSA) is 24.4 Å². The molecular formula is C14H24IN2-. The number of hydrogen-bond acceptors (Lipinski definition) is 2. The summed E-state index contributed by atoms with van der Waals surface area (Å²) in [5, 5.41) is 4.38. The summed E-state index contributed by atoms with van der Waals surface area (Å²) in [6, 6.07) is 0. The van der Waals surface area contributed by atoms with Gasteiger partial charge in [0.15, 0.2) is 0 Å². The van der Waals surface area contributed by atoms with Gasteiger partial charge >= 0.3 is 116 Å². The van der Waals surface area contributed by atoms with Gasteiger partial charge in [0.25, 0.3) is 0 Å². The van der Waals surface area contributed by atoms with Gasteiger partial charge in [-0.05, 0) is 0 Å². The second-order valence-electron chi connectivity index (χ2n) is 5.53. The summed E-state index contributed by atoms with van der Waals surface area (Å²) in [7, 11) is 0. The van der Waals surface area contributed by atoms with Crippen molar-refractivity contribution in [3.8, 4) is 0 Å². The maximum absolute atomic E-state index is 4.38. The molecule has 2 atom stereocenters. The van der Waals surface area contributed by atoms with Gasteiger partial charge in [0.2, 0.25) is 0 Å². The third-order valence-corrected chi connectivity index (χ3v) is 6.40. The van der Waals surface area contributed by atoms with Crippen LogP contribution in [0.4, 0.5) is 0 Å². The molecule has 1 saturated carbocycles. The Hall–Kier alpha value is -0.0600. The van der Waals surface area contributed by atoms with Crippen LogP contribution in [0.5, 0.6) is 0 Å². The van der Waals surface area contributed by atoms with Crippen LogP contribution in [-0.2, 0) is 0 Å². The zero-order chi connectivity index (χ0) is 12.3. The molecule has 0 spiro atoms. The van der Waals surface area contributed by atoms with Gasteiger partial charge in [-0.15, -0.1) is 0 Å². The molecular weight excluding hydrogens is 323 g/mol. The molecule has 17 heavy (non-hydrogen) atoms. The van der Waals surface area contributed by atoms with Crippen LogP contribution in [0.1, 0.15) is 52.9 Å². The van der Waals surface area contributed by atoms with Gasteiger partial charge in [0, 0.05) is 0 Å². The fraction of sp³-hybridized carbons (Fsp3) is 0.786. The number of fused-ring (bicyclic) bond motifs is 1. The molecule has 2 aliphatic rings. The van der Waals surface area contributed by atoms with Crippen molar-refractivity contribution in [1.82, 2.24) is 5.43 Å². The van der Waals surface area contributed by atoms with Gasteiger partial charge in [-0.25, -0.2) is 0 Å². The van der Waals surface area contributed by atoms with Crippen molar-refractivity contribution in [1.29, 1.82) is 0 Å². The molecule has 2 nitrogen and oxygen atoms in total. The van der Waals surface area contributed by atoms with Crippen molar-refractivity contribution < 1.29 is 21.2 Å². The van der Waals surface area contributed by atoms with Crippen molar-refractivity contribution in [2.24, 2.45) is 16.9 Å². The van der Waals surface area contributed by atoms with E-state index in [0.29, 0.717) is 5.92 Å². The molecule has 0 amide bonds. The van der Waals surface area contributed by atoms with Gasteiger partial charge in [-0.1, -0.05) is 0 Å². The zero-order valence-electron chi connectivity index (χ0n) is 11.2. The molecule has 98 valence electrons. The first kappa shape index (κ1) is 13.4. The summed E-state index contributed by atoms with van der Waals surface area (Å²) in [5.74, 6) is 1.55. The second-order valence-corrected chi connectivity index (χ2v) is 9.73. The van der Waals surface area contributed by atoms with Crippen LogP contribution in [0, 0.1) is 11.8 Å². The first-order chi connectivity index (χ1) is 8.16. The van der Waals surface area contributed by atoms with Crippen molar-refractivity contribution in [3.05, 3.63) is 9.28 Å². The van der Waals surface area contributed by atoms with E-state index in [0.717, 1.165) is 9.84 Å². The van der Waals surface area contributed by atoms with E-state index in [1.807, 2.05) is 0 Å². The monoisotopic (exact) mass is 347 g/mol. The van der Waals surface area contributed by atoms with Gasteiger partial charge in [0.1, 0.15) is 0 Å². The molecule has 0 radical (unpaired) electrons. The Labute approximate surface area is 116 Å². The summed E-state index contributed by atoms with van der Waals surface area (Å²) in [4.78, 5) is 0. The van der Waals surface area contributed by atoms with E-state index in [2.05, 4.69) is 37.5 Å². The minimum absolute atomic E-state index is 0.117. The van der Waals surface area contributed by atoms with E-state index >= 15 is 0 Å². The zero-order valence-corrected chi connectivity index (χ0v) is 13.3. The standard InChI is InChI=1S/C14H24IN2/c1-10(2)15-14-13-8-7-11(3)5-4-6-12(13)9-16-17-14/h9-12,17H,4-8H2,1-3H3/q-1. The maximum atomic E-state index is 4.38. The summed E-state index contributed by atoms with van der Waals surface area (Å²) < 4.78 is 2.35. The third-order valence-electron chi connectivity index (χ3n) is 3.59. The van der Waals surface area contributed by atoms with Crippen molar-refractivity contribution in [2.75, 3.05) is 0 Å². The average molecular weight is 347 g/mol. The third kappa shape index (κ3) is 3.70. The molecule has 0 aromatic carbocycles. The number of hydrazone groups is 1. The van der Waals surface area contributed by atoms with Crippen molar-refractivity contribution in [3.63, 3.8) is 0 Å². The van der Waals surface area contributed by atoms with Crippen LogP contribution in [0.3, 0.4) is 0 Å². The minimum atomic E-state index is 0.117. The van der Waals surface area contributed by atoms with E-state index in [1.165, 1.54) is 35.8 Å². The van der Waals surface area contributed by atoms with E-state index in [-0.39, 0.29) is 21.2 Å². The molecule has 1 N–H and O–H groups in total. The Morgan fingerprint density at radius 1 is 1.35 bits per heavy atom. The average Bonchev–Trinajstić information content (AvgIpc) is 2.24. The number of nitrogens with zero attached hydrogens (tertiary/aromatic N) is 1. The summed E-state index contributed by atoms with van der Waals surface area (Å²) in [6.07, 6.45) is 8.91. The van der Waals surface area contributed by atoms with Crippen LogP contribution in [0.25, 0.3) is 0 Å². The molecule has 1 aliphatic carbocycles.